The van der Waals surface area contributed by atoms with E-state index in [0.717, 1.165) is 76.2 Å². The quantitative estimate of drug-likeness (QED) is 0.0365. The van der Waals surface area contributed by atoms with Crippen molar-refractivity contribution in [3.05, 3.63) is 21.8 Å². The third-order valence-corrected chi connectivity index (χ3v) is 9.03. The molecule has 1 rings (SSSR count). The molecule has 426 valence electrons. The summed E-state index contributed by atoms with van der Waals surface area (Å²) in [6.07, 6.45) is -2.38. The predicted molar refractivity (Wildman–Crippen MR) is 279 cm³/mol. The van der Waals surface area contributed by atoms with Crippen LogP contribution in [-0.4, -0.2) is 165 Å². The molecule has 0 aliphatic carbocycles. The van der Waals surface area contributed by atoms with E-state index >= 15 is 0 Å². The second-order valence-corrected chi connectivity index (χ2v) is 16.6. The van der Waals surface area contributed by atoms with Crippen LogP contribution in [0.4, 0.5) is 5.69 Å². The molecule has 0 saturated heterocycles. The van der Waals surface area contributed by atoms with Gasteiger partial charge in [0.05, 0.1) is 44.4 Å². The average molecular weight is 1420 g/mol. The van der Waals surface area contributed by atoms with Crippen LogP contribution in [0.1, 0.15) is 117 Å². The molecular weight excluding hydrogens is 1360 g/mol. The zero-order chi connectivity index (χ0) is 60.5. The highest BCUT2D eigenvalue weighted by atomic mass is 127. The average Bonchev–Trinajstić information content (AvgIpc) is 3.19. The van der Waals surface area contributed by atoms with Crippen LogP contribution in [0, 0.1) is 10.7 Å². The smallest absolute Gasteiger partial charge is 0.333 e. The lowest BCUT2D eigenvalue weighted by molar-refractivity contribution is -0.155. The van der Waals surface area contributed by atoms with Gasteiger partial charge in [-0.15, -0.1) is 5.06 Å². The molecule has 0 aliphatic heterocycles. The van der Waals surface area contributed by atoms with Crippen molar-refractivity contribution < 1.29 is 131 Å². The molecule has 0 fully saturated rings. The van der Waals surface area contributed by atoms with Gasteiger partial charge in [-0.1, -0.05) is 0 Å². The highest BCUT2D eigenvalue weighted by Crippen LogP contribution is 2.38. The first-order valence-corrected chi connectivity index (χ1v) is 23.6. The van der Waals surface area contributed by atoms with Crippen LogP contribution in [0.2, 0.25) is 0 Å². The Bertz CT molecular complexity index is 1950. The molecule has 2 unspecified atom stereocenters. The Balaban J connectivity index is -0.000000410. The van der Waals surface area contributed by atoms with Crippen LogP contribution in [-0.2, 0) is 90.9 Å². The minimum Gasteiger partial charge on any atom is -0.481 e. The van der Waals surface area contributed by atoms with Crippen LogP contribution < -0.4 is 15.7 Å². The minimum atomic E-state index is -1.09. The van der Waals surface area contributed by atoms with E-state index in [1.165, 1.54) is 6.92 Å². The Hall–Kier alpha value is -6.54. The standard InChI is InChI=1S/C30H36I3N3O15.6C2H4O2/c1-14(37)36(51-22(43)8-7-9-46-15(2)38)28-26(32)23(29(44)34-10-20(49-18(5)41)12-47-16(3)39)25(31)24(27(28)33)30(45)35-11-21(50-19(6)42)13-48-17(4)40;6*1-2(3)4/h20-21H,7-13H2,1-6H3,(H,34,44)(H,35,45);6*1H3,(H,3,4). The third-order valence-electron chi connectivity index (χ3n) is 5.85. The zero-order valence-corrected chi connectivity index (χ0v) is 48.9. The van der Waals surface area contributed by atoms with Gasteiger partial charge in [0.1, 0.15) is 18.9 Å². The van der Waals surface area contributed by atoms with Crippen molar-refractivity contribution >= 4 is 163 Å². The van der Waals surface area contributed by atoms with Gasteiger partial charge in [0, 0.05) is 86.7 Å². The maximum absolute atomic E-state index is 13.8. The molecule has 0 saturated carbocycles. The van der Waals surface area contributed by atoms with Crippen molar-refractivity contribution in [2.75, 3.05) is 38.0 Å². The van der Waals surface area contributed by atoms with E-state index in [1.807, 2.05) is 0 Å². The van der Waals surface area contributed by atoms with Crippen molar-refractivity contribution in [1.82, 2.24) is 10.6 Å². The van der Waals surface area contributed by atoms with Crippen LogP contribution in [0.25, 0.3) is 0 Å². The van der Waals surface area contributed by atoms with Crippen molar-refractivity contribution in [2.45, 2.75) is 108 Å². The number of amides is 3. The van der Waals surface area contributed by atoms with Crippen LogP contribution in [0.15, 0.2) is 0 Å². The fourth-order valence-corrected chi connectivity index (χ4v) is 8.41. The van der Waals surface area contributed by atoms with Crippen LogP contribution in [0.5, 0.6) is 0 Å². The molecule has 30 nitrogen and oxygen atoms in total. The molecule has 2 atom stereocenters. The number of hydrogen-bond acceptors (Lipinski definition) is 21. The topological polar surface area (TPSA) is 460 Å². The Labute approximate surface area is 469 Å². The largest absolute Gasteiger partial charge is 0.481 e. The van der Waals surface area contributed by atoms with Gasteiger partial charge in [0.15, 0.2) is 12.2 Å². The van der Waals surface area contributed by atoms with E-state index in [0.29, 0.717) is 5.06 Å². The molecule has 33 heteroatoms. The molecule has 0 aliphatic rings. The summed E-state index contributed by atoms with van der Waals surface area (Å²) < 4.78 is 25.1. The number of hydrogen-bond donors (Lipinski definition) is 8. The summed E-state index contributed by atoms with van der Waals surface area (Å²) in [6.45, 7) is 11.8. The summed E-state index contributed by atoms with van der Waals surface area (Å²) in [6, 6.07) is 0. The minimum absolute atomic E-state index is 0.0648. The van der Waals surface area contributed by atoms with Gasteiger partial charge < -0.3 is 69.8 Å². The number of anilines is 1. The summed E-state index contributed by atoms with van der Waals surface area (Å²) >= 11 is 5.23. The second-order valence-electron chi connectivity index (χ2n) is 13.4. The number of carboxylic acid groups (broad SMARTS) is 6. The van der Waals surface area contributed by atoms with E-state index in [9.17, 15) is 43.2 Å². The summed E-state index contributed by atoms with van der Waals surface area (Å²) in [7, 11) is 0. The van der Waals surface area contributed by atoms with Crippen LogP contribution >= 0.6 is 67.8 Å². The normalized spacial score (nSPS) is 9.85. The number of carbonyl (C=O) groups excluding carboxylic acids is 9. The summed E-state index contributed by atoms with van der Waals surface area (Å²) in [5.74, 6) is -11.6. The monoisotopic (exact) mass is 1420 g/mol. The Morgan fingerprint density at radius 1 is 0.453 bits per heavy atom. The van der Waals surface area contributed by atoms with Gasteiger partial charge >= 0.3 is 35.8 Å². The van der Waals surface area contributed by atoms with E-state index in [4.69, 9.17) is 87.9 Å². The lowest BCUT2D eigenvalue weighted by Gasteiger charge is -2.26. The predicted octanol–water partition coefficient (Wildman–Crippen LogP) is 2.65. The first-order valence-electron chi connectivity index (χ1n) is 20.4. The van der Waals surface area contributed by atoms with Gasteiger partial charge in [0.25, 0.3) is 53.5 Å². The number of hydroxylamine groups is 1. The third kappa shape index (κ3) is 55.1. The molecule has 0 aromatic heterocycles. The van der Waals surface area contributed by atoms with Gasteiger partial charge in [-0.2, -0.15) is 0 Å². The van der Waals surface area contributed by atoms with Gasteiger partial charge in [-0.25, -0.2) is 4.79 Å². The van der Waals surface area contributed by atoms with Crippen LogP contribution in [0.3, 0.4) is 0 Å². The maximum Gasteiger partial charge on any atom is 0.333 e. The highest BCUT2D eigenvalue weighted by molar-refractivity contribution is 14.1. The van der Waals surface area contributed by atoms with Gasteiger partial charge in [-0.05, 0) is 74.2 Å². The number of aliphatic carboxylic acids is 6. The molecule has 3 amide bonds. The van der Waals surface area contributed by atoms with Gasteiger partial charge in [-0.3, -0.25) is 67.1 Å². The zero-order valence-electron chi connectivity index (χ0n) is 42.4. The molecule has 0 bridgehead atoms. The molecule has 1 aromatic rings. The molecular formula is C42H60I3N3O27. The molecule has 0 spiro atoms. The second kappa shape index (κ2) is 46.0. The summed E-state index contributed by atoms with van der Waals surface area (Å²) in [5, 5.41) is 50.2. The summed E-state index contributed by atoms with van der Waals surface area (Å²) in [4.78, 5) is 170. The number of rotatable bonds is 17. The number of halogens is 3. The van der Waals surface area contributed by atoms with Crippen molar-refractivity contribution in [3.63, 3.8) is 0 Å². The summed E-state index contributed by atoms with van der Waals surface area (Å²) in [5.41, 5.74) is -0.459. The molecule has 8 N–H and O–H groups in total. The maximum atomic E-state index is 13.8. The fraction of sp³-hybridized carbons (Fsp3) is 0.500. The molecule has 75 heavy (non-hydrogen) atoms. The molecule has 0 radical (unpaired) electrons. The van der Waals surface area contributed by atoms with E-state index in [1.54, 1.807) is 67.8 Å². The first-order chi connectivity index (χ1) is 34.1. The number of carbonyl (C=O) groups is 15. The molecule has 1 aromatic carbocycles. The Kier molecular flexibility index (Phi) is 49.0. The van der Waals surface area contributed by atoms with Crippen molar-refractivity contribution in [3.8, 4) is 0 Å². The SMILES string of the molecule is CC(=O)O.CC(=O)O.CC(=O)O.CC(=O)O.CC(=O)O.CC(=O)O.CC(=O)OCCCC(=O)ON(C(C)=O)c1c(I)c(C(=O)NCC(COC(C)=O)OC(C)=O)c(I)c(C(=O)NCC(COC(C)=O)OC(C)=O)c1I. The lowest BCUT2D eigenvalue weighted by atomic mass is 10.1. The van der Waals surface area contributed by atoms with Gasteiger partial charge in [0.2, 0.25) is 0 Å². The Morgan fingerprint density at radius 3 is 0.973 bits per heavy atom. The van der Waals surface area contributed by atoms with E-state index in [2.05, 4.69) is 10.6 Å². The first kappa shape index (κ1) is 79.9. The fourth-order valence-electron chi connectivity index (χ4n) is 3.82. The van der Waals surface area contributed by atoms with Crippen molar-refractivity contribution in [2.24, 2.45) is 0 Å². The Morgan fingerprint density at radius 2 is 0.733 bits per heavy atom. The van der Waals surface area contributed by atoms with E-state index in [-0.39, 0.29) is 73.3 Å². The van der Waals surface area contributed by atoms with Crippen molar-refractivity contribution in [1.29, 1.82) is 0 Å². The number of benzene rings is 1. The number of carboxylic acids is 6. The number of esters is 5. The lowest BCUT2D eigenvalue weighted by Crippen LogP contribution is -2.40. The highest BCUT2D eigenvalue weighted by Gasteiger charge is 2.34. The number of nitrogens with zero attached hydrogens (tertiary/aromatic N) is 1. The number of ether oxygens (including phenoxy) is 5. The number of nitrogens with one attached hydrogen (secondary N) is 2. The molecule has 0 heterocycles. The van der Waals surface area contributed by atoms with E-state index < -0.39 is 102 Å².